The lowest BCUT2D eigenvalue weighted by Gasteiger charge is -2.10. The lowest BCUT2D eigenvalue weighted by molar-refractivity contribution is 0.102. The van der Waals surface area contributed by atoms with Gasteiger partial charge in [-0.1, -0.05) is 53.5 Å². The highest BCUT2D eigenvalue weighted by molar-refractivity contribution is 6.37. The molecule has 0 spiro atoms. The number of carbonyl (C=O) groups excluding carboxylic acids is 1. The second-order valence-corrected chi connectivity index (χ2v) is 5.80. The quantitative estimate of drug-likeness (QED) is 0.689. The van der Waals surface area contributed by atoms with Gasteiger partial charge in [-0.25, -0.2) is 0 Å². The van der Waals surface area contributed by atoms with E-state index in [0.29, 0.717) is 27.0 Å². The van der Waals surface area contributed by atoms with Crippen LogP contribution in [0.5, 0.6) is 5.75 Å². The van der Waals surface area contributed by atoms with E-state index in [-0.39, 0.29) is 5.91 Å². The van der Waals surface area contributed by atoms with E-state index in [4.69, 9.17) is 27.9 Å². The number of carbonyl (C=O) groups is 1. The predicted octanol–water partition coefficient (Wildman–Crippen LogP) is 5.41. The third-order valence-electron chi connectivity index (χ3n) is 3.47. The first-order valence-corrected chi connectivity index (χ1v) is 7.67. The molecule has 3 nitrogen and oxygen atoms in total. The molecule has 0 aromatic heterocycles. The molecule has 0 atom stereocenters. The molecule has 0 saturated heterocycles. The van der Waals surface area contributed by atoms with Crippen LogP contribution in [0.2, 0.25) is 10.0 Å². The standard InChI is InChI=1S/C18H13Cl2NO2/c1-23-17-15(19)9-13(10-16(17)20)18(22)21-14-7-6-11-4-2-3-5-12(11)8-14/h2-10H,1H3,(H,21,22). The summed E-state index contributed by atoms with van der Waals surface area (Å²) in [5.74, 6) is 0.0716. The molecule has 1 amide bonds. The minimum absolute atomic E-state index is 0.285. The second-order valence-electron chi connectivity index (χ2n) is 4.99. The van der Waals surface area contributed by atoms with Crippen molar-refractivity contribution in [2.24, 2.45) is 0 Å². The van der Waals surface area contributed by atoms with Crippen LogP contribution < -0.4 is 10.1 Å². The third-order valence-corrected chi connectivity index (χ3v) is 4.03. The number of halogens is 2. The Balaban J connectivity index is 1.88. The fourth-order valence-corrected chi connectivity index (χ4v) is 3.00. The molecule has 23 heavy (non-hydrogen) atoms. The van der Waals surface area contributed by atoms with Crippen LogP contribution in [-0.4, -0.2) is 13.0 Å². The van der Waals surface area contributed by atoms with E-state index in [1.807, 2.05) is 42.5 Å². The topological polar surface area (TPSA) is 38.3 Å². The summed E-state index contributed by atoms with van der Waals surface area (Å²) in [6.07, 6.45) is 0. The Bertz CT molecular complexity index is 870. The molecule has 1 N–H and O–H groups in total. The lowest BCUT2D eigenvalue weighted by atomic mass is 10.1. The van der Waals surface area contributed by atoms with Gasteiger partial charge in [0.1, 0.15) is 0 Å². The highest BCUT2D eigenvalue weighted by Crippen LogP contribution is 2.34. The number of nitrogens with one attached hydrogen (secondary N) is 1. The zero-order valence-corrected chi connectivity index (χ0v) is 13.8. The number of benzene rings is 3. The smallest absolute Gasteiger partial charge is 0.255 e. The maximum absolute atomic E-state index is 12.4. The first-order chi connectivity index (χ1) is 11.1. The van der Waals surface area contributed by atoms with Gasteiger partial charge < -0.3 is 10.1 Å². The van der Waals surface area contributed by atoms with Crippen LogP contribution in [0.25, 0.3) is 10.8 Å². The number of anilines is 1. The maximum atomic E-state index is 12.4. The van der Waals surface area contributed by atoms with E-state index >= 15 is 0 Å². The molecule has 0 unspecified atom stereocenters. The molecule has 3 rings (SSSR count). The second kappa shape index (κ2) is 6.49. The van der Waals surface area contributed by atoms with Crippen molar-refractivity contribution in [3.8, 4) is 5.75 Å². The van der Waals surface area contributed by atoms with Crippen molar-refractivity contribution < 1.29 is 9.53 Å². The molecule has 0 bridgehead atoms. The summed E-state index contributed by atoms with van der Waals surface area (Å²) in [6.45, 7) is 0. The fourth-order valence-electron chi connectivity index (χ4n) is 2.36. The van der Waals surface area contributed by atoms with E-state index < -0.39 is 0 Å². The van der Waals surface area contributed by atoms with Gasteiger partial charge in [-0.2, -0.15) is 0 Å². The number of methoxy groups -OCH3 is 1. The van der Waals surface area contributed by atoms with Crippen LogP contribution in [0.4, 0.5) is 5.69 Å². The summed E-state index contributed by atoms with van der Waals surface area (Å²) < 4.78 is 5.08. The lowest BCUT2D eigenvalue weighted by Crippen LogP contribution is -2.12. The molecule has 5 heteroatoms. The van der Waals surface area contributed by atoms with E-state index in [1.165, 1.54) is 19.2 Å². The molecule has 116 valence electrons. The zero-order chi connectivity index (χ0) is 16.4. The average Bonchev–Trinajstić information content (AvgIpc) is 2.54. The molecule has 0 saturated carbocycles. The summed E-state index contributed by atoms with van der Waals surface area (Å²) in [6, 6.07) is 16.7. The molecule has 0 aliphatic rings. The first-order valence-electron chi connectivity index (χ1n) is 6.91. The van der Waals surface area contributed by atoms with Gasteiger partial charge in [0, 0.05) is 11.3 Å². The molecule has 0 heterocycles. The Morgan fingerprint density at radius 3 is 2.26 bits per heavy atom. The Morgan fingerprint density at radius 1 is 0.957 bits per heavy atom. The Morgan fingerprint density at radius 2 is 1.61 bits per heavy atom. The minimum Gasteiger partial charge on any atom is -0.494 e. The van der Waals surface area contributed by atoms with Crippen molar-refractivity contribution in [3.63, 3.8) is 0 Å². The van der Waals surface area contributed by atoms with Crippen molar-refractivity contribution >= 4 is 45.6 Å². The van der Waals surface area contributed by atoms with Crippen LogP contribution in [0, 0.1) is 0 Å². The van der Waals surface area contributed by atoms with Crippen molar-refractivity contribution in [3.05, 3.63) is 70.2 Å². The highest BCUT2D eigenvalue weighted by atomic mass is 35.5. The number of hydrogen-bond acceptors (Lipinski definition) is 2. The summed E-state index contributed by atoms with van der Waals surface area (Å²) in [4.78, 5) is 12.4. The molecule has 3 aromatic carbocycles. The zero-order valence-electron chi connectivity index (χ0n) is 12.3. The number of ether oxygens (including phenoxy) is 1. The van der Waals surface area contributed by atoms with Crippen molar-refractivity contribution in [2.45, 2.75) is 0 Å². The third kappa shape index (κ3) is 3.26. The molecular weight excluding hydrogens is 333 g/mol. The van der Waals surface area contributed by atoms with Gasteiger partial charge in [0.15, 0.2) is 5.75 Å². The van der Waals surface area contributed by atoms with Crippen LogP contribution in [0.15, 0.2) is 54.6 Å². The monoisotopic (exact) mass is 345 g/mol. The van der Waals surface area contributed by atoms with Gasteiger partial charge >= 0.3 is 0 Å². The Hall–Kier alpha value is -2.23. The van der Waals surface area contributed by atoms with Gasteiger partial charge in [0.2, 0.25) is 0 Å². The highest BCUT2D eigenvalue weighted by Gasteiger charge is 2.13. The van der Waals surface area contributed by atoms with Gasteiger partial charge in [-0.05, 0) is 35.0 Å². The largest absolute Gasteiger partial charge is 0.494 e. The molecular formula is C18H13Cl2NO2. The van der Waals surface area contributed by atoms with Crippen LogP contribution in [0.3, 0.4) is 0 Å². The van der Waals surface area contributed by atoms with Crippen molar-refractivity contribution in [1.82, 2.24) is 0 Å². The minimum atomic E-state index is -0.285. The average molecular weight is 346 g/mol. The number of fused-ring (bicyclic) bond motifs is 1. The van der Waals surface area contributed by atoms with Crippen LogP contribution in [0.1, 0.15) is 10.4 Å². The summed E-state index contributed by atoms with van der Waals surface area (Å²) in [5.41, 5.74) is 1.07. The van der Waals surface area contributed by atoms with E-state index in [1.54, 1.807) is 0 Å². The van der Waals surface area contributed by atoms with Gasteiger partial charge in [-0.15, -0.1) is 0 Å². The van der Waals surface area contributed by atoms with Crippen molar-refractivity contribution in [1.29, 1.82) is 0 Å². The molecule has 0 fully saturated rings. The van der Waals surface area contributed by atoms with E-state index in [2.05, 4.69) is 5.32 Å². The maximum Gasteiger partial charge on any atom is 0.255 e. The summed E-state index contributed by atoms with van der Waals surface area (Å²) in [5, 5.41) is 5.60. The summed E-state index contributed by atoms with van der Waals surface area (Å²) in [7, 11) is 1.47. The van der Waals surface area contributed by atoms with Gasteiger partial charge in [0.25, 0.3) is 5.91 Å². The first kappa shape index (κ1) is 15.7. The normalized spacial score (nSPS) is 10.6. The number of hydrogen-bond donors (Lipinski definition) is 1. The number of rotatable bonds is 3. The Kier molecular flexibility index (Phi) is 4.42. The molecule has 0 aliphatic carbocycles. The van der Waals surface area contributed by atoms with Crippen molar-refractivity contribution in [2.75, 3.05) is 12.4 Å². The van der Waals surface area contributed by atoms with E-state index in [0.717, 1.165) is 10.8 Å². The van der Waals surface area contributed by atoms with Gasteiger partial charge in [0.05, 0.1) is 17.2 Å². The summed E-state index contributed by atoms with van der Waals surface area (Å²) >= 11 is 12.1. The van der Waals surface area contributed by atoms with E-state index in [9.17, 15) is 4.79 Å². The molecule has 3 aromatic rings. The fraction of sp³-hybridized carbons (Fsp3) is 0.0556. The van der Waals surface area contributed by atoms with Crippen LogP contribution in [-0.2, 0) is 0 Å². The predicted molar refractivity (Wildman–Crippen MR) is 94.9 cm³/mol. The van der Waals surface area contributed by atoms with Gasteiger partial charge in [-0.3, -0.25) is 4.79 Å². The Labute approximate surface area is 143 Å². The molecule has 0 radical (unpaired) electrons. The van der Waals surface area contributed by atoms with Crippen LogP contribution >= 0.6 is 23.2 Å². The number of amides is 1. The SMILES string of the molecule is COc1c(Cl)cc(C(=O)Nc2ccc3ccccc3c2)cc1Cl. The molecule has 0 aliphatic heterocycles.